The lowest BCUT2D eigenvalue weighted by Crippen LogP contribution is -2.47. The van der Waals surface area contributed by atoms with Crippen molar-refractivity contribution >= 4 is 36.1 Å². The van der Waals surface area contributed by atoms with Gasteiger partial charge in [-0.3, -0.25) is 29.2 Å². The van der Waals surface area contributed by atoms with Gasteiger partial charge >= 0.3 is 11.9 Å². The van der Waals surface area contributed by atoms with Gasteiger partial charge in [-0.1, -0.05) is 33.1 Å². The molecule has 46 heavy (non-hydrogen) atoms. The Hall–Kier alpha value is -4.92. The zero-order valence-electron chi connectivity index (χ0n) is 26.1. The maximum absolute atomic E-state index is 13.0. The fourth-order valence-corrected chi connectivity index (χ4v) is 4.78. The smallest absolute Gasteiger partial charge is 0.326 e. The predicted molar refractivity (Wildman–Crippen MR) is 163 cm³/mol. The van der Waals surface area contributed by atoms with E-state index in [2.05, 4.69) is 16.0 Å². The molecule has 0 aliphatic carbocycles. The molecule has 15 heteroatoms. The van der Waals surface area contributed by atoms with Gasteiger partial charge in [-0.2, -0.15) is 0 Å². The lowest BCUT2D eigenvalue weighted by atomic mass is 9.90. The third kappa shape index (κ3) is 11.2. The quantitative estimate of drug-likeness (QED) is 0.0380. The molecule has 252 valence electrons. The van der Waals surface area contributed by atoms with Gasteiger partial charge in [-0.05, 0) is 56.5 Å². The monoisotopic (exact) mass is 646 g/mol. The van der Waals surface area contributed by atoms with Crippen LogP contribution in [0.15, 0.2) is 34.7 Å². The number of hydrogen-bond donors (Lipinski definition) is 6. The van der Waals surface area contributed by atoms with Crippen LogP contribution in [0.1, 0.15) is 86.6 Å². The van der Waals surface area contributed by atoms with Crippen LogP contribution in [0.4, 0.5) is 0 Å². The fourth-order valence-electron chi connectivity index (χ4n) is 4.78. The van der Waals surface area contributed by atoms with Crippen molar-refractivity contribution in [1.29, 1.82) is 0 Å². The van der Waals surface area contributed by atoms with Crippen molar-refractivity contribution < 1.29 is 53.3 Å². The van der Waals surface area contributed by atoms with E-state index < -0.39 is 54.1 Å². The molecule has 3 atom stereocenters. The topological polar surface area (TPSA) is 225 Å². The maximum Gasteiger partial charge on any atom is 0.326 e. The average Bonchev–Trinajstić information content (AvgIpc) is 3.53. The highest BCUT2D eigenvalue weighted by molar-refractivity contribution is 5.98. The summed E-state index contributed by atoms with van der Waals surface area (Å²) >= 11 is 0. The first-order valence-electron chi connectivity index (χ1n) is 15.1. The van der Waals surface area contributed by atoms with Crippen LogP contribution >= 0.6 is 0 Å². The summed E-state index contributed by atoms with van der Waals surface area (Å²) in [6.45, 7) is 5.49. The van der Waals surface area contributed by atoms with E-state index in [0.717, 1.165) is 19.3 Å². The summed E-state index contributed by atoms with van der Waals surface area (Å²) in [6, 6.07) is 5.07. The SMILES string of the molecule is CCCCC[C@@H](C(=O)NCNC(=O)c1ccc(-c2cc(OCC)cc(C(=O)NC(CCC(=O)O)C(=O)O)c2)o1)[C@@H](CC)N(O)C=O. The number of nitrogens with zero attached hydrogens (tertiary/aromatic N) is 1. The Morgan fingerprint density at radius 1 is 0.978 bits per heavy atom. The van der Waals surface area contributed by atoms with Crippen LogP contribution in [0.3, 0.4) is 0 Å². The van der Waals surface area contributed by atoms with E-state index >= 15 is 0 Å². The molecule has 0 spiro atoms. The number of carboxylic acid groups (broad SMARTS) is 2. The molecule has 1 aromatic heterocycles. The van der Waals surface area contributed by atoms with E-state index in [4.69, 9.17) is 14.3 Å². The van der Waals surface area contributed by atoms with E-state index in [1.165, 1.54) is 24.3 Å². The van der Waals surface area contributed by atoms with Crippen LogP contribution in [0.5, 0.6) is 5.75 Å². The molecule has 0 bridgehead atoms. The van der Waals surface area contributed by atoms with Crippen molar-refractivity contribution in [3.05, 3.63) is 41.7 Å². The van der Waals surface area contributed by atoms with Crippen LogP contribution in [-0.2, 0) is 19.2 Å². The summed E-state index contributed by atoms with van der Waals surface area (Å²) in [6.07, 6.45) is 2.80. The van der Waals surface area contributed by atoms with E-state index in [1.54, 1.807) is 19.9 Å². The van der Waals surface area contributed by atoms with Crippen LogP contribution < -0.4 is 20.7 Å². The summed E-state index contributed by atoms with van der Waals surface area (Å²) in [4.78, 5) is 72.3. The van der Waals surface area contributed by atoms with Gasteiger partial charge in [0.25, 0.3) is 11.8 Å². The predicted octanol–water partition coefficient (Wildman–Crippen LogP) is 3.02. The number of carbonyl (C=O) groups is 6. The third-order valence-corrected chi connectivity index (χ3v) is 7.14. The molecule has 6 N–H and O–H groups in total. The maximum atomic E-state index is 13.0. The molecular formula is C31H42N4O11. The molecule has 0 radical (unpaired) electrons. The zero-order chi connectivity index (χ0) is 34.2. The first kappa shape index (κ1) is 37.3. The van der Waals surface area contributed by atoms with Gasteiger partial charge < -0.3 is 35.3 Å². The Morgan fingerprint density at radius 2 is 1.72 bits per heavy atom. The van der Waals surface area contributed by atoms with Crippen molar-refractivity contribution in [1.82, 2.24) is 21.0 Å². The summed E-state index contributed by atoms with van der Waals surface area (Å²) in [5.74, 6) is -4.80. The minimum atomic E-state index is -1.44. The number of unbranched alkanes of at least 4 members (excludes halogenated alkanes) is 2. The lowest BCUT2D eigenvalue weighted by Gasteiger charge is -2.29. The molecule has 1 heterocycles. The standard InChI is InChI=1S/C31H42N4O11/c1-4-7-8-9-22(24(5-2)35(44)18-36)29(40)32-17-33-30(41)26-12-11-25(46-26)19-14-20(16-21(15-19)45-6-3)28(39)34-23(31(42)43)10-13-27(37)38/h11-12,14-16,18,22-24,44H,4-10,13,17H2,1-3H3,(H,32,40)(H,33,41)(H,34,39)(H,37,38)(H,42,43)/t22-,23?,24-/m1/s1. The van der Waals surface area contributed by atoms with Gasteiger partial charge in [0.1, 0.15) is 17.6 Å². The van der Waals surface area contributed by atoms with Crippen LogP contribution in [0.25, 0.3) is 11.3 Å². The van der Waals surface area contributed by atoms with E-state index in [1.807, 2.05) is 6.92 Å². The number of benzene rings is 1. The van der Waals surface area contributed by atoms with Crippen molar-refractivity contribution in [2.75, 3.05) is 13.3 Å². The molecule has 1 aromatic carbocycles. The number of rotatable bonds is 21. The normalized spacial score (nSPS) is 12.7. The summed E-state index contributed by atoms with van der Waals surface area (Å²) in [5, 5.41) is 36.2. The van der Waals surface area contributed by atoms with Crippen LogP contribution in [0.2, 0.25) is 0 Å². The number of furan rings is 1. The number of nitrogens with one attached hydrogen (secondary N) is 3. The van der Waals surface area contributed by atoms with Gasteiger partial charge in [0.2, 0.25) is 12.3 Å². The van der Waals surface area contributed by atoms with Gasteiger partial charge in [-0.15, -0.1) is 0 Å². The molecular weight excluding hydrogens is 604 g/mol. The van der Waals surface area contributed by atoms with Crippen LogP contribution in [-0.4, -0.2) is 81.9 Å². The molecule has 2 aromatic rings. The Bertz CT molecular complexity index is 1360. The van der Waals surface area contributed by atoms with Crippen molar-refractivity contribution in [2.24, 2.45) is 5.92 Å². The molecule has 15 nitrogen and oxygen atoms in total. The largest absolute Gasteiger partial charge is 0.494 e. The second-order valence-corrected chi connectivity index (χ2v) is 10.4. The zero-order valence-corrected chi connectivity index (χ0v) is 26.1. The molecule has 4 amide bonds. The Kier molecular flexibility index (Phi) is 15.2. The fraction of sp³-hybridized carbons (Fsp3) is 0.484. The molecule has 2 rings (SSSR count). The van der Waals surface area contributed by atoms with E-state index in [9.17, 15) is 39.1 Å². The summed E-state index contributed by atoms with van der Waals surface area (Å²) in [5.41, 5.74) is 0.354. The number of aliphatic carboxylic acids is 2. The number of amides is 4. The number of ether oxygens (including phenoxy) is 1. The molecule has 0 saturated carbocycles. The van der Waals surface area contributed by atoms with Gasteiger partial charge in [0, 0.05) is 17.5 Å². The molecule has 0 fully saturated rings. The van der Waals surface area contributed by atoms with Crippen molar-refractivity contribution in [2.45, 2.75) is 77.8 Å². The minimum Gasteiger partial charge on any atom is -0.494 e. The highest BCUT2D eigenvalue weighted by Crippen LogP contribution is 2.28. The Balaban J connectivity index is 2.15. The van der Waals surface area contributed by atoms with Crippen molar-refractivity contribution in [3.63, 3.8) is 0 Å². The lowest BCUT2D eigenvalue weighted by molar-refractivity contribution is -0.168. The van der Waals surface area contributed by atoms with Crippen LogP contribution in [0, 0.1) is 5.92 Å². The highest BCUT2D eigenvalue weighted by atomic mass is 16.5. The van der Waals surface area contributed by atoms with Gasteiger partial charge in [0.15, 0.2) is 5.76 Å². The summed E-state index contributed by atoms with van der Waals surface area (Å²) < 4.78 is 11.2. The first-order valence-corrected chi connectivity index (χ1v) is 15.1. The third-order valence-electron chi connectivity index (χ3n) is 7.14. The first-order chi connectivity index (χ1) is 21.9. The van der Waals surface area contributed by atoms with Crippen molar-refractivity contribution in [3.8, 4) is 17.1 Å². The van der Waals surface area contributed by atoms with Gasteiger partial charge in [0.05, 0.1) is 25.2 Å². The molecule has 1 unspecified atom stereocenters. The molecule has 0 saturated heterocycles. The van der Waals surface area contributed by atoms with E-state index in [-0.39, 0.29) is 48.9 Å². The number of hydroxylamine groups is 2. The second-order valence-electron chi connectivity index (χ2n) is 10.4. The second kappa shape index (κ2) is 18.8. The Labute approximate surface area is 266 Å². The number of carbonyl (C=O) groups excluding carboxylic acids is 4. The highest BCUT2D eigenvalue weighted by Gasteiger charge is 2.30. The number of hydrogen-bond acceptors (Lipinski definition) is 9. The molecule has 0 aliphatic heterocycles. The van der Waals surface area contributed by atoms with Gasteiger partial charge in [-0.25, -0.2) is 9.86 Å². The number of carboxylic acids is 2. The average molecular weight is 647 g/mol. The minimum absolute atomic E-state index is 0.0162. The summed E-state index contributed by atoms with van der Waals surface area (Å²) in [7, 11) is 0. The Morgan fingerprint density at radius 3 is 2.33 bits per heavy atom. The molecule has 0 aliphatic rings. The van der Waals surface area contributed by atoms with E-state index in [0.29, 0.717) is 23.5 Å².